The molecule has 94 valence electrons. The third kappa shape index (κ3) is 5.45. The van der Waals surface area contributed by atoms with E-state index in [1.165, 1.54) is 5.56 Å². The van der Waals surface area contributed by atoms with Crippen molar-refractivity contribution < 1.29 is 9.53 Å². The van der Waals surface area contributed by atoms with Gasteiger partial charge in [-0.25, -0.2) is 0 Å². The van der Waals surface area contributed by atoms with E-state index in [0.717, 1.165) is 13.0 Å². The van der Waals surface area contributed by atoms with Gasteiger partial charge < -0.3 is 10.1 Å². The first-order valence-corrected chi connectivity index (χ1v) is 6.03. The molecule has 1 aromatic heterocycles. The molecule has 0 radical (unpaired) electrons. The van der Waals surface area contributed by atoms with Gasteiger partial charge in [0.25, 0.3) is 0 Å². The summed E-state index contributed by atoms with van der Waals surface area (Å²) in [5.41, 5.74) is 1.20. The van der Waals surface area contributed by atoms with Crippen LogP contribution in [0.1, 0.15) is 38.3 Å². The maximum absolute atomic E-state index is 11.1. The zero-order valence-corrected chi connectivity index (χ0v) is 10.5. The molecule has 4 nitrogen and oxygen atoms in total. The van der Waals surface area contributed by atoms with E-state index in [9.17, 15) is 4.79 Å². The lowest BCUT2D eigenvalue weighted by atomic mass is 10.1. The summed E-state index contributed by atoms with van der Waals surface area (Å²) in [5, 5.41) is 3.36. The third-order valence-corrected chi connectivity index (χ3v) is 2.52. The number of nitrogens with one attached hydrogen (secondary N) is 1. The fourth-order valence-electron chi connectivity index (χ4n) is 1.55. The molecule has 0 fully saturated rings. The molecule has 0 spiro atoms. The molecule has 0 aliphatic heterocycles. The summed E-state index contributed by atoms with van der Waals surface area (Å²) in [4.78, 5) is 15.1. The van der Waals surface area contributed by atoms with Gasteiger partial charge in [-0.2, -0.15) is 0 Å². The van der Waals surface area contributed by atoms with Gasteiger partial charge in [0.2, 0.25) is 0 Å². The molecule has 4 heteroatoms. The molecule has 1 aromatic rings. The zero-order chi connectivity index (χ0) is 12.5. The normalized spacial score (nSPS) is 12.1. The molecule has 1 unspecified atom stereocenters. The van der Waals surface area contributed by atoms with Crippen LogP contribution < -0.4 is 5.32 Å². The van der Waals surface area contributed by atoms with Gasteiger partial charge in [0.1, 0.15) is 0 Å². The molecule has 1 rings (SSSR count). The molecule has 17 heavy (non-hydrogen) atoms. The number of rotatable bonds is 7. The van der Waals surface area contributed by atoms with E-state index in [1.807, 2.05) is 19.1 Å². The van der Waals surface area contributed by atoms with Crippen LogP contribution in [0.5, 0.6) is 0 Å². The van der Waals surface area contributed by atoms with Gasteiger partial charge in [-0.1, -0.05) is 0 Å². The van der Waals surface area contributed by atoms with Crippen molar-refractivity contribution in [3.63, 3.8) is 0 Å². The molecular formula is C13H20N2O2. The van der Waals surface area contributed by atoms with Crippen LogP contribution >= 0.6 is 0 Å². The molecule has 0 aliphatic carbocycles. The van der Waals surface area contributed by atoms with E-state index in [0.29, 0.717) is 13.0 Å². The van der Waals surface area contributed by atoms with E-state index < -0.39 is 0 Å². The predicted molar refractivity (Wildman–Crippen MR) is 66.5 cm³/mol. The monoisotopic (exact) mass is 236 g/mol. The van der Waals surface area contributed by atoms with E-state index in [-0.39, 0.29) is 12.0 Å². The molecule has 0 saturated heterocycles. The summed E-state index contributed by atoms with van der Waals surface area (Å²) >= 11 is 0. The van der Waals surface area contributed by atoms with Gasteiger partial charge in [-0.3, -0.25) is 9.78 Å². The molecular weight excluding hydrogens is 216 g/mol. The van der Waals surface area contributed by atoms with Crippen molar-refractivity contribution in [1.82, 2.24) is 10.3 Å². The number of pyridine rings is 1. The Balaban J connectivity index is 2.17. The number of esters is 1. The highest BCUT2D eigenvalue weighted by atomic mass is 16.5. The van der Waals surface area contributed by atoms with Crippen LogP contribution in [0.2, 0.25) is 0 Å². The lowest BCUT2D eigenvalue weighted by molar-refractivity contribution is -0.143. The first-order chi connectivity index (χ1) is 8.24. The average Bonchev–Trinajstić information content (AvgIpc) is 2.36. The first kappa shape index (κ1) is 13.6. The highest BCUT2D eigenvalue weighted by Crippen LogP contribution is 2.09. The van der Waals surface area contributed by atoms with E-state index in [4.69, 9.17) is 4.74 Å². The maximum Gasteiger partial charge on any atom is 0.305 e. The predicted octanol–water partition coefficient (Wildman–Crippen LogP) is 2.08. The van der Waals surface area contributed by atoms with E-state index in [2.05, 4.69) is 17.2 Å². The molecule has 1 atom stereocenters. The number of hydrogen-bond donors (Lipinski definition) is 1. The minimum atomic E-state index is -0.120. The second kappa shape index (κ2) is 7.79. The Morgan fingerprint density at radius 1 is 1.47 bits per heavy atom. The second-order valence-electron chi connectivity index (χ2n) is 3.86. The Kier molecular flexibility index (Phi) is 6.25. The van der Waals surface area contributed by atoms with Crippen molar-refractivity contribution in [2.24, 2.45) is 0 Å². The first-order valence-electron chi connectivity index (χ1n) is 6.03. The van der Waals surface area contributed by atoms with Gasteiger partial charge in [0, 0.05) is 24.9 Å². The number of ether oxygens (including phenoxy) is 1. The second-order valence-corrected chi connectivity index (χ2v) is 3.86. The number of carbonyl (C=O) groups is 1. The van der Waals surface area contributed by atoms with Crippen LogP contribution in [0.3, 0.4) is 0 Å². The van der Waals surface area contributed by atoms with Crippen molar-refractivity contribution in [3.05, 3.63) is 30.1 Å². The van der Waals surface area contributed by atoms with Crippen molar-refractivity contribution in [2.45, 2.75) is 32.7 Å². The van der Waals surface area contributed by atoms with Crippen LogP contribution in [0, 0.1) is 0 Å². The molecule has 1 N–H and O–H groups in total. The highest BCUT2D eigenvalue weighted by molar-refractivity contribution is 5.69. The van der Waals surface area contributed by atoms with Crippen LogP contribution in [0.25, 0.3) is 0 Å². The molecule has 1 heterocycles. The summed E-state index contributed by atoms with van der Waals surface area (Å²) < 4.78 is 4.86. The molecule has 0 saturated carbocycles. The highest BCUT2D eigenvalue weighted by Gasteiger charge is 2.05. The SMILES string of the molecule is CCOC(=O)CCCNC(C)c1ccncc1. The third-order valence-electron chi connectivity index (χ3n) is 2.52. The van der Waals surface area contributed by atoms with Gasteiger partial charge in [0.05, 0.1) is 6.61 Å². The lowest BCUT2D eigenvalue weighted by Gasteiger charge is -2.13. The maximum atomic E-state index is 11.1. The quantitative estimate of drug-likeness (QED) is 0.581. The average molecular weight is 236 g/mol. The standard InChI is InChI=1S/C13H20N2O2/c1-3-17-13(16)5-4-8-15-11(2)12-6-9-14-10-7-12/h6-7,9-11,15H,3-5,8H2,1-2H3. The van der Waals surface area contributed by atoms with Gasteiger partial charge in [-0.05, 0) is 44.5 Å². The Morgan fingerprint density at radius 2 is 2.18 bits per heavy atom. The number of carbonyl (C=O) groups excluding carboxylic acids is 1. The Bertz CT molecular complexity index is 327. The van der Waals surface area contributed by atoms with Gasteiger partial charge in [0.15, 0.2) is 0 Å². The number of hydrogen-bond acceptors (Lipinski definition) is 4. The summed E-state index contributed by atoms with van der Waals surface area (Å²) in [6.45, 7) is 5.18. The summed E-state index contributed by atoms with van der Waals surface area (Å²) in [7, 11) is 0. The Labute approximate surface area is 102 Å². The van der Waals surface area contributed by atoms with Crippen LogP contribution in [0.4, 0.5) is 0 Å². The summed E-state index contributed by atoms with van der Waals surface area (Å²) in [6, 6.07) is 4.26. The molecule has 0 aliphatic rings. The lowest BCUT2D eigenvalue weighted by Crippen LogP contribution is -2.20. The fourth-order valence-corrected chi connectivity index (χ4v) is 1.55. The minimum absolute atomic E-state index is 0.120. The summed E-state index contributed by atoms with van der Waals surface area (Å²) in [6.07, 6.45) is 4.84. The van der Waals surface area contributed by atoms with Crippen molar-refractivity contribution in [1.29, 1.82) is 0 Å². The van der Waals surface area contributed by atoms with Crippen molar-refractivity contribution in [2.75, 3.05) is 13.2 Å². The molecule has 0 bridgehead atoms. The Hall–Kier alpha value is -1.42. The topological polar surface area (TPSA) is 51.2 Å². The van der Waals surface area contributed by atoms with E-state index in [1.54, 1.807) is 12.4 Å². The number of aromatic nitrogens is 1. The largest absolute Gasteiger partial charge is 0.466 e. The van der Waals surface area contributed by atoms with Gasteiger partial charge in [-0.15, -0.1) is 0 Å². The van der Waals surface area contributed by atoms with Crippen LogP contribution in [-0.2, 0) is 9.53 Å². The molecule has 0 aromatic carbocycles. The smallest absolute Gasteiger partial charge is 0.305 e. The number of nitrogens with zero attached hydrogens (tertiary/aromatic N) is 1. The molecule has 0 amide bonds. The minimum Gasteiger partial charge on any atom is -0.466 e. The van der Waals surface area contributed by atoms with Crippen LogP contribution in [0.15, 0.2) is 24.5 Å². The van der Waals surface area contributed by atoms with Gasteiger partial charge >= 0.3 is 5.97 Å². The van der Waals surface area contributed by atoms with Crippen molar-refractivity contribution in [3.8, 4) is 0 Å². The summed E-state index contributed by atoms with van der Waals surface area (Å²) in [5.74, 6) is -0.120. The zero-order valence-electron chi connectivity index (χ0n) is 10.5. The van der Waals surface area contributed by atoms with Crippen LogP contribution in [-0.4, -0.2) is 24.1 Å². The fraction of sp³-hybridized carbons (Fsp3) is 0.538. The van der Waals surface area contributed by atoms with Crippen molar-refractivity contribution >= 4 is 5.97 Å². The van der Waals surface area contributed by atoms with E-state index >= 15 is 0 Å². The Morgan fingerprint density at radius 3 is 2.82 bits per heavy atom.